The minimum atomic E-state index is -2.61. The van der Waals surface area contributed by atoms with Crippen LogP contribution in [-0.2, 0) is 11.3 Å². The molecule has 10 N–H and O–H groups in total. The maximum absolute atomic E-state index is 14.5. The molecule has 0 atom stereocenters. The highest BCUT2D eigenvalue weighted by Gasteiger charge is 2.38. The van der Waals surface area contributed by atoms with Gasteiger partial charge in [-0.15, -0.1) is 0 Å². The predicted molar refractivity (Wildman–Crippen MR) is 545 cm³/mol. The van der Waals surface area contributed by atoms with E-state index < -0.39 is 5.92 Å². The second kappa shape index (κ2) is 37.7. The lowest BCUT2D eigenvalue weighted by Crippen LogP contribution is -2.24. The van der Waals surface area contributed by atoms with E-state index in [1.165, 1.54) is 6.07 Å². The number of hydrogen-bond donors (Lipinski definition) is 10. The summed E-state index contributed by atoms with van der Waals surface area (Å²) >= 11 is 3.29. The molecule has 140 heavy (non-hydrogen) atoms. The molecule has 1 aliphatic heterocycles. The van der Waals surface area contributed by atoms with Crippen LogP contribution in [0.25, 0.3) is 223 Å². The molecule has 1 saturated heterocycles. The van der Waals surface area contributed by atoms with Crippen molar-refractivity contribution < 1.29 is 22.4 Å². The zero-order chi connectivity index (χ0) is 95.1. The molecule has 20 heterocycles. The van der Waals surface area contributed by atoms with E-state index in [0.29, 0.717) is 93.8 Å². The number of rotatable bonds is 21. The number of furan rings is 1. The van der Waals surface area contributed by atoms with E-state index in [2.05, 4.69) is 203 Å². The largest absolute Gasteiger partial charge is 0.472 e. The van der Waals surface area contributed by atoms with Gasteiger partial charge in [0.15, 0.2) is 23.3 Å². The summed E-state index contributed by atoms with van der Waals surface area (Å²) in [4.78, 5) is 83.8. The van der Waals surface area contributed by atoms with Gasteiger partial charge in [0.25, 0.3) is 5.92 Å². The van der Waals surface area contributed by atoms with Crippen LogP contribution in [0.1, 0.15) is 52.0 Å². The molecule has 1 aliphatic rings. The highest BCUT2D eigenvalue weighted by Crippen LogP contribution is 2.42. The Morgan fingerprint density at radius 2 is 0.879 bits per heavy atom. The average molecular weight is 1890 g/mol. The SMILES string of the molecule is CC(C)Nc1cncc(-c2ccc3[nH]nc(-c4nc5c(-c6ccccc6F)cncc5[nH]4)c3c2)c1.CCCCC(=O)Nc1cncc(-c2ccc3[nH]nc(-c4nc5c(-c6ccoc6)cncc5[nH]4)c3c2)c1.CN(C)c1cncc(-c2ccc3[nH]nc(-c4nc5c(-c6ccsc6)cncc5[nH]4)c3c2)c1.FC1(F)CCN(Cc2cncc(-c3ccc4[nH]nc(-c5nc6c(-c7ccsc7)cncc6[nH]5)c4c3)c2)C1. The van der Waals surface area contributed by atoms with Gasteiger partial charge in [-0.2, -0.15) is 43.1 Å². The number of carbonyl (C=O) groups excluding carboxylic acids is 1. The standard InChI is InChI=1S/C27H21F2N7S.C27H22FN7.C27H23N7O2.C24H19N7S/c28-27(29)4-5-36(15-27)13-16-7-19(10-30-9-16)17-1-2-22-20(8-17)25(35-34-22)26-32-23-12-31-11-21(24(23)33-26)18-3-6-37-14-18;1-15(2)31-18-9-17(11-29-12-18)16-7-8-23-20(10-16)26(35-34-23)27-32-24-14-30-13-21(25(24)33-27)19-5-3-4-6-22(19)28;1-2-3-4-24(35)30-19-9-18(11-28-12-19)16-5-6-22-20(10-16)26(34-33-22)27-31-23-14-29-13-21(25(23)32-27)17-7-8-36-15-17;1-31(2)17-7-16(9-25-10-17)14-3-4-20-18(8-14)23(30-29-20)24-27-21-12-26-11-19(22(21)28-24)15-5-6-32-13-15/h1-3,6-12,14H,4-5,13,15H2,(H,32,33)(H,34,35);3-15,31H,1-2H3,(H,32,33)(H,34,35);5-15H,2-4H2,1H3,(H,30,35)(H,31,32)(H,33,34);3-13H,1-2H3,(H,27,28)(H,29,30). The highest BCUT2D eigenvalue weighted by atomic mass is 32.1. The second-order valence-corrected chi connectivity index (χ2v) is 36.2. The number of alkyl halides is 2. The minimum absolute atomic E-state index is 0.00228. The molecule has 25 rings (SSSR count). The summed E-state index contributed by atoms with van der Waals surface area (Å²) in [5.74, 6) is -0.326. The number of amides is 1. The second-order valence-electron chi connectivity index (χ2n) is 34.6. The number of imidazole rings is 4. The van der Waals surface area contributed by atoms with Crippen LogP contribution in [0.15, 0.2) is 277 Å². The highest BCUT2D eigenvalue weighted by molar-refractivity contribution is 7.08. The quantitative estimate of drug-likeness (QED) is 0.0319. The van der Waals surface area contributed by atoms with Crippen LogP contribution >= 0.6 is 22.7 Å². The Bertz CT molecular complexity index is 8670. The van der Waals surface area contributed by atoms with E-state index in [9.17, 15) is 18.0 Å². The van der Waals surface area contributed by atoms with Crippen molar-refractivity contribution in [2.24, 2.45) is 0 Å². The Hall–Kier alpha value is -17.4. The summed E-state index contributed by atoms with van der Waals surface area (Å²) in [6, 6.07) is 45.6. The van der Waals surface area contributed by atoms with Gasteiger partial charge in [0, 0.05) is 185 Å². The van der Waals surface area contributed by atoms with Crippen LogP contribution in [-0.4, -0.2) is 170 Å². The normalized spacial score (nSPS) is 12.6. The summed E-state index contributed by atoms with van der Waals surface area (Å²) < 4.78 is 47.0. The Morgan fingerprint density at radius 1 is 0.450 bits per heavy atom. The fourth-order valence-electron chi connectivity index (χ4n) is 17.4. The van der Waals surface area contributed by atoms with Crippen LogP contribution in [0, 0.1) is 5.82 Å². The van der Waals surface area contributed by atoms with Gasteiger partial charge in [0.1, 0.15) is 50.7 Å². The summed E-state index contributed by atoms with van der Waals surface area (Å²) in [5, 5.41) is 49.0. The third-order valence-corrected chi connectivity index (χ3v) is 25.7. The predicted octanol–water partition coefficient (Wildman–Crippen LogP) is 23.6. The van der Waals surface area contributed by atoms with Gasteiger partial charge in [-0.1, -0.05) is 55.8 Å². The molecule has 30 nitrogen and oxygen atoms in total. The van der Waals surface area contributed by atoms with E-state index in [-0.39, 0.29) is 24.7 Å². The number of thiophene rings is 2. The Labute approximate surface area is 803 Å². The van der Waals surface area contributed by atoms with E-state index in [0.717, 1.165) is 190 Å². The van der Waals surface area contributed by atoms with Crippen molar-refractivity contribution in [3.63, 3.8) is 0 Å². The maximum atomic E-state index is 14.5. The van der Waals surface area contributed by atoms with Gasteiger partial charge in [-0.05, 0) is 178 Å². The Morgan fingerprint density at radius 3 is 1.31 bits per heavy atom. The molecule has 1 amide bonds. The monoisotopic (exact) mass is 1890 g/mol. The summed E-state index contributed by atoms with van der Waals surface area (Å²) in [6.07, 6.45) is 34.1. The van der Waals surface area contributed by atoms with Crippen molar-refractivity contribution in [3.05, 3.63) is 284 Å². The van der Waals surface area contributed by atoms with Crippen molar-refractivity contribution in [2.45, 2.75) is 65.0 Å². The number of nitrogens with zero attached hydrogens (tertiary/aromatic N) is 18. The molecule has 0 saturated carbocycles. The van der Waals surface area contributed by atoms with Gasteiger partial charge in [-0.3, -0.25) is 70.0 Å². The van der Waals surface area contributed by atoms with Crippen LogP contribution in [0.2, 0.25) is 0 Å². The molecule has 1 fully saturated rings. The fraction of sp³-hybridized carbons (Fsp3) is 0.133. The molecule has 0 radical (unpaired) electrons. The number of H-pyrrole nitrogens is 8. The number of benzene rings is 5. The van der Waals surface area contributed by atoms with Crippen molar-refractivity contribution in [1.29, 1.82) is 0 Å². The zero-order valence-electron chi connectivity index (χ0n) is 75.8. The van der Waals surface area contributed by atoms with Gasteiger partial charge < -0.3 is 39.9 Å². The van der Waals surface area contributed by atoms with E-state index in [1.54, 1.807) is 120 Å². The molecular weight excluding hydrogens is 1810 g/mol. The molecule has 5 aromatic carbocycles. The number of halogens is 3. The lowest BCUT2D eigenvalue weighted by atomic mass is 10.0. The average Bonchev–Trinajstić information content (AvgIpc) is 1.63. The van der Waals surface area contributed by atoms with Crippen LogP contribution in [0.5, 0.6) is 0 Å². The van der Waals surface area contributed by atoms with Gasteiger partial charge >= 0.3 is 0 Å². The Kier molecular flexibility index (Phi) is 23.6. The lowest BCUT2D eigenvalue weighted by molar-refractivity contribution is -0.116. The molecule has 0 unspecified atom stereocenters. The van der Waals surface area contributed by atoms with Crippen molar-refractivity contribution in [3.8, 4) is 135 Å². The van der Waals surface area contributed by atoms with E-state index in [1.807, 2.05) is 122 Å². The lowest BCUT2D eigenvalue weighted by Gasteiger charge is -2.15. The third kappa shape index (κ3) is 18.0. The minimum Gasteiger partial charge on any atom is -0.472 e. The number of aromatic amines is 8. The van der Waals surface area contributed by atoms with E-state index >= 15 is 0 Å². The molecule has 24 aromatic rings. The van der Waals surface area contributed by atoms with Crippen molar-refractivity contribution in [1.82, 2.24) is 125 Å². The number of unbranched alkanes of at least 4 members (excludes halogenated alkanes) is 1. The number of hydrogen-bond acceptors (Lipinski definition) is 23. The summed E-state index contributed by atoms with van der Waals surface area (Å²) in [7, 11) is 4.03. The molecule has 19 aromatic heterocycles. The smallest absolute Gasteiger partial charge is 0.261 e. The number of likely N-dealkylation sites (tertiary alicyclic amines) is 1. The summed E-state index contributed by atoms with van der Waals surface area (Å²) in [5.41, 5.74) is 31.5. The van der Waals surface area contributed by atoms with Gasteiger partial charge in [0.05, 0.1) is 117 Å². The van der Waals surface area contributed by atoms with E-state index in [4.69, 9.17) is 24.4 Å². The van der Waals surface area contributed by atoms with Crippen molar-refractivity contribution >= 4 is 133 Å². The van der Waals surface area contributed by atoms with Crippen molar-refractivity contribution in [2.75, 3.05) is 42.7 Å². The van der Waals surface area contributed by atoms with Crippen LogP contribution < -0.4 is 15.5 Å². The van der Waals surface area contributed by atoms with Crippen LogP contribution in [0.4, 0.5) is 30.2 Å². The molecule has 35 heteroatoms. The number of aromatic nitrogens is 24. The number of nitrogens with one attached hydrogen (secondary N) is 10. The number of fused-ring (bicyclic) bond motifs is 8. The Balaban J connectivity index is 0.000000107. The first kappa shape index (κ1) is 87.9. The third-order valence-electron chi connectivity index (χ3n) is 24.4. The molecule has 0 bridgehead atoms. The first-order valence-corrected chi connectivity index (χ1v) is 47.1. The molecular formula is C105H85F3N28O2S2. The number of pyridine rings is 8. The van der Waals surface area contributed by atoms with Gasteiger partial charge in [0.2, 0.25) is 5.91 Å². The number of anilines is 3. The van der Waals surface area contributed by atoms with Gasteiger partial charge in [-0.25, -0.2) is 33.1 Å². The first-order chi connectivity index (χ1) is 68.4. The number of carbonyl (C=O) groups is 1. The fourth-order valence-corrected chi connectivity index (χ4v) is 18.8. The maximum Gasteiger partial charge on any atom is 0.261 e. The topological polar surface area (TPSA) is 393 Å². The zero-order valence-corrected chi connectivity index (χ0v) is 77.5. The van der Waals surface area contributed by atoms with Crippen LogP contribution in [0.3, 0.4) is 0 Å². The first-order valence-electron chi connectivity index (χ1n) is 45.2. The molecule has 0 aliphatic carbocycles. The summed E-state index contributed by atoms with van der Waals surface area (Å²) in [6.45, 7) is 6.89. The molecule has 0 spiro atoms. The molecule has 690 valence electrons.